The summed E-state index contributed by atoms with van der Waals surface area (Å²) >= 11 is 5.96. The van der Waals surface area contributed by atoms with Crippen molar-refractivity contribution in [3.8, 4) is 0 Å². The lowest BCUT2D eigenvalue weighted by Crippen LogP contribution is -2.23. The average Bonchev–Trinajstić information content (AvgIpc) is 2.82. The molecule has 0 amide bonds. The first-order valence-corrected chi connectivity index (χ1v) is 7.18. The third kappa shape index (κ3) is 3.17. The first-order chi connectivity index (χ1) is 9.31. The van der Waals surface area contributed by atoms with E-state index in [0.717, 1.165) is 35.4 Å². The van der Waals surface area contributed by atoms with Crippen LogP contribution in [-0.4, -0.2) is 15.9 Å². The fourth-order valence-electron chi connectivity index (χ4n) is 2.55. The number of allylic oxidation sites excluding steroid dienone is 2. The predicted molar refractivity (Wildman–Crippen MR) is 78.4 cm³/mol. The van der Waals surface area contributed by atoms with Crippen molar-refractivity contribution in [1.82, 2.24) is 14.7 Å². The molecule has 2 heterocycles. The van der Waals surface area contributed by atoms with Crippen LogP contribution in [0.15, 0.2) is 36.7 Å². The molecule has 2 aromatic heterocycles. The average molecular weight is 276 g/mol. The molecular weight excluding hydrogens is 258 g/mol. The molecule has 2 aromatic rings. The van der Waals surface area contributed by atoms with Crippen LogP contribution >= 0.6 is 11.6 Å². The van der Waals surface area contributed by atoms with Gasteiger partial charge >= 0.3 is 0 Å². The van der Waals surface area contributed by atoms with Gasteiger partial charge in [0.1, 0.15) is 5.65 Å². The molecule has 3 nitrogen and oxygen atoms in total. The quantitative estimate of drug-likeness (QED) is 0.866. The van der Waals surface area contributed by atoms with Crippen LogP contribution in [-0.2, 0) is 6.54 Å². The highest BCUT2D eigenvalue weighted by Gasteiger charge is 2.09. The summed E-state index contributed by atoms with van der Waals surface area (Å²) in [5, 5.41) is 4.24. The van der Waals surface area contributed by atoms with Gasteiger partial charge in [-0.25, -0.2) is 4.98 Å². The molecule has 0 saturated heterocycles. The summed E-state index contributed by atoms with van der Waals surface area (Å²) < 4.78 is 1.97. The fourth-order valence-corrected chi connectivity index (χ4v) is 2.72. The SMILES string of the molecule is Clc1ccc2nc(CNCC3CC=CCC3)cn2c1. The van der Waals surface area contributed by atoms with Gasteiger partial charge in [0.2, 0.25) is 0 Å². The number of hydrogen-bond donors (Lipinski definition) is 1. The lowest BCUT2D eigenvalue weighted by atomic mass is 9.94. The van der Waals surface area contributed by atoms with Crippen LogP contribution in [0.25, 0.3) is 5.65 Å². The number of aromatic nitrogens is 2. The number of pyridine rings is 1. The highest BCUT2D eigenvalue weighted by Crippen LogP contribution is 2.17. The molecular formula is C15H18ClN3. The summed E-state index contributed by atoms with van der Waals surface area (Å²) in [6.07, 6.45) is 12.2. The molecule has 0 aliphatic heterocycles. The molecule has 3 rings (SSSR count). The lowest BCUT2D eigenvalue weighted by Gasteiger charge is -2.17. The van der Waals surface area contributed by atoms with E-state index in [4.69, 9.17) is 11.6 Å². The summed E-state index contributed by atoms with van der Waals surface area (Å²) in [7, 11) is 0. The van der Waals surface area contributed by atoms with Crippen molar-refractivity contribution in [2.24, 2.45) is 5.92 Å². The monoisotopic (exact) mass is 275 g/mol. The maximum Gasteiger partial charge on any atom is 0.137 e. The zero-order chi connectivity index (χ0) is 13.1. The fraction of sp³-hybridized carbons (Fsp3) is 0.400. The van der Waals surface area contributed by atoms with Crippen LogP contribution in [0.3, 0.4) is 0 Å². The van der Waals surface area contributed by atoms with Crippen LogP contribution in [0.1, 0.15) is 25.0 Å². The summed E-state index contributed by atoms with van der Waals surface area (Å²) in [6, 6.07) is 3.81. The highest BCUT2D eigenvalue weighted by atomic mass is 35.5. The van der Waals surface area contributed by atoms with Crippen LogP contribution in [0, 0.1) is 5.92 Å². The largest absolute Gasteiger partial charge is 0.311 e. The Balaban J connectivity index is 1.57. The molecule has 0 radical (unpaired) electrons. The Morgan fingerprint density at radius 2 is 2.26 bits per heavy atom. The zero-order valence-electron chi connectivity index (χ0n) is 10.8. The molecule has 19 heavy (non-hydrogen) atoms. The van der Waals surface area contributed by atoms with Crippen molar-refractivity contribution < 1.29 is 0 Å². The second-order valence-corrected chi connectivity index (χ2v) is 5.56. The first kappa shape index (κ1) is 12.7. The van der Waals surface area contributed by atoms with Gasteiger partial charge in [-0.15, -0.1) is 0 Å². The Bertz CT molecular complexity index is 588. The van der Waals surface area contributed by atoms with Crippen molar-refractivity contribution in [2.75, 3.05) is 6.54 Å². The van der Waals surface area contributed by atoms with E-state index >= 15 is 0 Å². The smallest absolute Gasteiger partial charge is 0.137 e. The van der Waals surface area contributed by atoms with Gasteiger partial charge in [0, 0.05) is 18.9 Å². The molecule has 4 heteroatoms. The molecule has 0 fully saturated rings. The van der Waals surface area contributed by atoms with Crippen LogP contribution in [0.2, 0.25) is 5.02 Å². The zero-order valence-corrected chi connectivity index (χ0v) is 11.6. The number of nitrogens with zero attached hydrogens (tertiary/aromatic N) is 2. The van der Waals surface area contributed by atoms with Gasteiger partial charge in [-0.1, -0.05) is 23.8 Å². The van der Waals surface area contributed by atoms with Crippen molar-refractivity contribution in [2.45, 2.75) is 25.8 Å². The Morgan fingerprint density at radius 3 is 3.11 bits per heavy atom. The van der Waals surface area contributed by atoms with Crippen molar-refractivity contribution in [3.63, 3.8) is 0 Å². The van der Waals surface area contributed by atoms with E-state index in [-0.39, 0.29) is 0 Å². The highest BCUT2D eigenvalue weighted by molar-refractivity contribution is 6.30. The maximum atomic E-state index is 5.96. The van der Waals surface area contributed by atoms with Gasteiger partial charge in [0.15, 0.2) is 0 Å². The van der Waals surface area contributed by atoms with Gasteiger partial charge < -0.3 is 9.72 Å². The number of imidazole rings is 1. The minimum Gasteiger partial charge on any atom is -0.311 e. The summed E-state index contributed by atoms with van der Waals surface area (Å²) in [5.41, 5.74) is 2.01. The minimum absolute atomic E-state index is 0.735. The number of fused-ring (bicyclic) bond motifs is 1. The van der Waals surface area contributed by atoms with Gasteiger partial charge in [0.25, 0.3) is 0 Å². The van der Waals surface area contributed by atoms with Crippen molar-refractivity contribution >= 4 is 17.2 Å². The van der Waals surface area contributed by atoms with E-state index < -0.39 is 0 Å². The molecule has 1 unspecified atom stereocenters. The molecule has 1 atom stereocenters. The van der Waals surface area contributed by atoms with Crippen molar-refractivity contribution in [3.05, 3.63) is 47.4 Å². The maximum absolute atomic E-state index is 5.96. The number of rotatable bonds is 4. The van der Waals surface area contributed by atoms with Crippen LogP contribution in [0.4, 0.5) is 0 Å². The molecule has 1 aliphatic carbocycles. The summed E-state index contributed by atoms with van der Waals surface area (Å²) in [5.74, 6) is 0.775. The molecule has 100 valence electrons. The van der Waals surface area contributed by atoms with E-state index in [9.17, 15) is 0 Å². The molecule has 1 aliphatic rings. The van der Waals surface area contributed by atoms with Crippen LogP contribution in [0.5, 0.6) is 0 Å². The van der Waals surface area contributed by atoms with E-state index in [1.165, 1.54) is 19.3 Å². The molecule has 0 bridgehead atoms. The first-order valence-electron chi connectivity index (χ1n) is 6.80. The normalized spacial score (nSPS) is 19.1. The molecule has 0 aromatic carbocycles. The van der Waals surface area contributed by atoms with Gasteiger partial charge in [-0.3, -0.25) is 0 Å². The van der Waals surface area contributed by atoms with Crippen LogP contribution < -0.4 is 5.32 Å². The molecule has 0 spiro atoms. The Morgan fingerprint density at radius 1 is 1.32 bits per heavy atom. The third-order valence-corrected chi connectivity index (χ3v) is 3.81. The van der Waals surface area contributed by atoms with Gasteiger partial charge in [-0.2, -0.15) is 0 Å². The second kappa shape index (κ2) is 5.76. The summed E-state index contributed by atoms with van der Waals surface area (Å²) in [6.45, 7) is 1.89. The summed E-state index contributed by atoms with van der Waals surface area (Å²) in [4.78, 5) is 4.56. The standard InChI is InChI=1S/C15H18ClN3/c16-13-6-7-15-18-14(11-19(15)10-13)9-17-8-12-4-2-1-3-5-12/h1-2,6-7,10-12,17H,3-5,8-9H2. The lowest BCUT2D eigenvalue weighted by molar-refractivity contribution is 0.439. The van der Waals surface area contributed by atoms with E-state index in [0.29, 0.717) is 0 Å². The van der Waals surface area contributed by atoms with E-state index in [2.05, 4.69) is 22.5 Å². The van der Waals surface area contributed by atoms with Gasteiger partial charge in [0.05, 0.1) is 10.7 Å². The van der Waals surface area contributed by atoms with Crippen molar-refractivity contribution in [1.29, 1.82) is 0 Å². The third-order valence-electron chi connectivity index (χ3n) is 3.58. The number of nitrogens with one attached hydrogen (secondary N) is 1. The topological polar surface area (TPSA) is 29.3 Å². The number of halogens is 1. The van der Waals surface area contributed by atoms with E-state index in [1.54, 1.807) is 0 Å². The molecule has 0 saturated carbocycles. The van der Waals surface area contributed by atoms with Gasteiger partial charge in [-0.05, 0) is 43.9 Å². The predicted octanol–water partition coefficient (Wildman–Crippen LogP) is 3.43. The second-order valence-electron chi connectivity index (χ2n) is 5.13. The van der Waals surface area contributed by atoms with E-state index in [1.807, 2.05) is 28.9 Å². The Kier molecular flexibility index (Phi) is 3.85. The molecule has 1 N–H and O–H groups in total. The Labute approximate surface area is 118 Å². The minimum atomic E-state index is 0.735. The Hall–Kier alpha value is -1.32. The number of hydrogen-bond acceptors (Lipinski definition) is 2.